The summed E-state index contributed by atoms with van der Waals surface area (Å²) in [5, 5.41) is 9.37. The maximum atomic E-state index is 12.5. The van der Waals surface area contributed by atoms with Crippen molar-refractivity contribution < 1.29 is 18.3 Å². The number of halogens is 1. The van der Waals surface area contributed by atoms with Crippen molar-refractivity contribution in [3.63, 3.8) is 0 Å². The number of aromatic nitrogens is 1. The molecule has 26 heavy (non-hydrogen) atoms. The second kappa shape index (κ2) is 6.86. The molecule has 6 nitrogen and oxygen atoms in total. The highest BCUT2D eigenvalue weighted by Crippen LogP contribution is 2.26. The van der Waals surface area contributed by atoms with E-state index in [1.54, 1.807) is 49.5 Å². The molecule has 2 aromatic carbocycles. The van der Waals surface area contributed by atoms with Gasteiger partial charge in [-0.15, -0.1) is 0 Å². The maximum Gasteiger partial charge on any atom is 0.352 e. The highest BCUT2D eigenvalue weighted by atomic mass is 35.5. The summed E-state index contributed by atoms with van der Waals surface area (Å²) in [7, 11) is -3.83. The van der Waals surface area contributed by atoms with E-state index in [9.17, 15) is 18.3 Å². The fraction of sp³-hybridized carbons (Fsp3) is 0.0556. The minimum absolute atomic E-state index is 0.0121. The Morgan fingerprint density at radius 1 is 1.12 bits per heavy atom. The van der Waals surface area contributed by atoms with Crippen LogP contribution in [0.25, 0.3) is 5.69 Å². The van der Waals surface area contributed by atoms with E-state index in [0.717, 1.165) is 0 Å². The number of carboxylic acids is 1. The minimum atomic E-state index is -3.83. The number of hydrogen-bond donors (Lipinski definition) is 2. The van der Waals surface area contributed by atoms with Gasteiger partial charge < -0.3 is 9.67 Å². The number of rotatable bonds is 5. The van der Waals surface area contributed by atoms with Gasteiger partial charge in [-0.05, 0) is 55.0 Å². The topological polar surface area (TPSA) is 88.4 Å². The number of carboxylic acid groups (broad SMARTS) is 1. The molecule has 0 spiro atoms. The Hall–Kier alpha value is -2.77. The minimum Gasteiger partial charge on any atom is -0.477 e. The summed E-state index contributed by atoms with van der Waals surface area (Å²) in [6.45, 7) is 1.77. The summed E-state index contributed by atoms with van der Waals surface area (Å²) in [5.74, 6) is -1.04. The SMILES string of the molecule is Cc1cc(NS(=O)(=O)c2ccccc2Cl)ccc1-n1cccc1C(=O)O. The first-order chi connectivity index (χ1) is 12.3. The third-order valence-electron chi connectivity index (χ3n) is 3.80. The van der Waals surface area contributed by atoms with Crippen molar-refractivity contribution in [2.24, 2.45) is 0 Å². The van der Waals surface area contributed by atoms with Crippen LogP contribution in [-0.2, 0) is 10.0 Å². The molecule has 0 unspecified atom stereocenters. The number of carbonyl (C=O) groups is 1. The van der Waals surface area contributed by atoms with E-state index in [1.807, 2.05) is 0 Å². The number of aryl methyl sites for hydroxylation is 1. The molecule has 0 bridgehead atoms. The standard InChI is InChI=1S/C18H15ClN2O4S/c1-12-11-13(20-26(24,25)17-7-3-2-5-14(17)19)8-9-15(12)21-10-4-6-16(21)18(22)23/h2-11,20H,1H3,(H,22,23). The molecule has 0 saturated carbocycles. The van der Waals surface area contributed by atoms with Gasteiger partial charge in [0.15, 0.2) is 0 Å². The quantitative estimate of drug-likeness (QED) is 0.690. The van der Waals surface area contributed by atoms with Gasteiger partial charge in [0.25, 0.3) is 10.0 Å². The Morgan fingerprint density at radius 3 is 2.50 bits per heavy atom. The first-order valence-electron chi connectivity index (χ1n) is 7.58. The summed E-state index contributed by atoms with van der Waals surface area (Å²) < 4.78 is 29.0. The molecule has 2 N–H and O–H groups in total. The molecule has 0 aliphatic rings. The van der Waals surface area contributed by atoms with Gasteiger partial charge in [-0.1, -0.05) is 23.7 Å². The molecule has 0 aliphatic carbocycles. The zero-order valence-electron chi connectivity index (χ0n) is 13.7. The molecule has 134 valence electrons. The van der Waals surface area contributed by atoms with Crippen molar-refractivity contribution in [1.82, 2.24) is 4.57 Å². The highest BCUT2D eigenvalue weighted by Gasteiger charge is 2.18. The van der Waals surface area contributed by atoms with E-state index in [4.69, 9.17) is 11.6 Å². The summed E-state index contributed by atoms with van der Waals surface area (Å²) in [6.07, 6.45) is 1.64. The lowest BCUT2D eigenvalue weighted by molar-refractivity contribution is 0.0688. The molecular weight excluding hydrogens is 376 g/mol. The Labute approximate surface area is 155 Å². The molecule has 0 amide bonds. The van der Waals surface area contributed by atoms with Crippen LogP contribution in [0.15, 0.2) is 65.7 Å². The van der Waals surface area contributed by atoms with Gasteiger partial charge in [-0.2, -0.15) is 0 Å². The number of anilines is 1. The lowest BCUT2D eigenvalue weighted by atomic mass is 10.1. The van der Waals surface area contributed by atoms with Crippen LogP contribution in [-0.4, -0.2) is 24.1 Å². The van der Waals surface area contributed by atoms with Crippen molar-refractivity contribution in [2.75, 3.05) is 4.72 Å². The first-order valence-corrected chi connectivity index (χ1v) is 9.45. The second-order valence-corrected chi connectivity index (χ2v) is 7.66. The average Bonchev–Trinajstić information content (AvgIpc) is 3.04. The summed E-state index contributed by atoms with van der Waals surface area (Å²) in [4.78, 5) is 11.3. The van der Waals surface area contributed by atoms with Crippen LogP contribution in [0.5, 0.6) is 0 Å². The molecular formula is C18H15ClN2O4S. The third kappa shape index (κ3) is 3.44. The molecule has 0 radical (unpaired) electrons. The van der Waals surface area contributed by atoms with E-state index in [-0.39, 0.29) is 15.6 Å². The molecule has 1 aromatic heterocycles. The van der Waals surface area contributed by atoms with Gasteiger partial charge in [0, 0.05) is 17.6 Å². The number of sulfonamides is 1. The monoisotopic (exact) mass is 390 g/mol. The Kier molecular flexibility index (Phi) is 4.76. The highest BCUT2D eigenvalue weighted by molar-refractivity contribution is 7.92. The number of aromatic carboxylic acids is 1. The lowest BCUT2D eigenvalue weighted by Crippen LogP contribution is -2.14. The van der Waals surface area contributed by atoms with Gasteiger partial charge in [0.1, 0.15) is 10.6 Å². The molecule has 0 saturated heterocycles. The summed E-state index contributed by atoms with van der Waals surface area (Å²) >= 11 is 5.97. The Bertz CT molecular complexity index is 1090. The molecule has 3 rings (SSSR count). The van der Waals surface area contributed by atoms with E-state index in [1.165, 1.54) is 22.8 Å². The Morgan fingerprint density at radius 2 is 1.85 bits per heavy atom. The van der Waals surface area contributed by atoms with Gasteiger partial charge in [0.05, 0.1) is 5.02 Å². The lowest BCUT2D eigenvalue weighted by Gasteiger charge is -2.13. The molecule has 3 aromatic rings. The first kappa shape index (κ1) is 18.0. The van der Waals surface area contributed by atoms with Crippen LogP contribution in [0.3, 0.4) is 0 Å². The van der Waals surface area contributed by atoms with Gasteiger partial charge in [0.2, 0.25) is 0 Å². The fourth-order valence-corrected chi connectivity index (χ4v) is 4.20. The zero-order chi connectivity index (χ0) is 18.9. The Balaban J connectivity index is 1.95. The smallest absolute Gasteiger partial charge is 0.352 e. The summed E-state index contributed by atoms with van der Waals surface area (Å²) in [6, 6.07) is 14.2. The molecule has 0 atom stereocenters. The van der Waals surface area contributed by atoms with Gasteiger partial charge in [-0.3, -0.25) is 4.72 Å². The maximum absolute atomic E-state index is 12.5. The van der Waals surface area contributed by atoms with Crippen molar-refractivity contribution in [1.29, 1.82) is 0 Å². The largest absolute Gasteiger partial charge is 0.477 e. The van der Waals surface area contributed by atoms with Crippen LogP contribution in [0.4, 0.5) is 5.69 Å². The number of hydrogen-bond acceptors (Lipinski definition) is 3. The van der Waals surface area contributed by atoms with Gasteiger partial charge >= 0.3 is 5.97 Å². The molecule has 0 fully saturated rings. The van der Waals surface area contributed by atoms with Crippen LogP contribution in [0.2, 0.25) is 5.02 Å². The van der Waals surface area contributed by atoms with Gasteiger partial charge in [-0.25, -0.2) is 13.2 Å². The van der Waals surface area contributed by atoms with Crippen LogP contribution in [0.1, 0.15) is 16.1 Å². The number of nitrogens with zero attached hydrogens (tertiary/aromatic N) is 1. The van der Waals surface area contributed by atoms with E-state index in [0.29, 0.717) is 16.9 Å². The van der Waals surface area contributed by atoms with E-state index >= 15 is 0 Å². The second-order valence-electron chi connectivity index (χ2n) is 5.61. The molecule has 1 heterocycles. The molecule has 0 aliphatic heterocycles. The van der Waals surface area contributed by atoms with Crippen molar-refractivity contribution >= 4 is 33.3 Å². The third-order valence-corrected chi connectivity index (χ3v) is 5.68. The van der Waals surface area contributed by atoms with Crippen molar-refractivity contribution in [2.45, 2.75) is 11.8 Å². The average molecular weight is 391 g/mol. The van der Waals surface area contributed by atoms with E-state index < -0.39 is 16.0 Å². The number of benzene rings is 2. The number of nitrogens with one attached hydrogen (secondary N) is 1. The van der Waals surface area contributed by atoms with Crippen LogP contribution < -0.4 is 4.72 Å². The fourth-order valence-electron chi connectivity index (χ4n) is 2.63. The normalized spacial score (nSPS) is 11.3. The van der Waals surface area contributed by atoms with E-state index in [2.05, 4.69) is 4.72 Å². The van der Waals surface area contributed by atoms with Crippen LogP contribution in [0, 0.1) is 6.92 Å². The predicted molar refractivity (Wildman–Crippen MR) is 99.7 cm³/mol. The predicted octanol–water partition coefficient (Wildman–Crippen LogP) is 3.94. The van der Waals surface area contributed by atoms with Crippen molar-refractivity contribution in [3.05, 3.63) is 77.1 Å². The zero-order valence-corrected chi connectivity index (χ0v) is 15.3. The summed E-state index contributed by atoms with van der Waals surface area (Å²) in [5.41, 5.74) is 1.84. The van der Waals surface area contributed by atoms with Crippen LogP contribution >= 0.6 is 11.6 Å². The van der Waals surface area contributed by atoms with Crippen molar-refractivity contribution in [3.8, 4) is 5.69 Å². The molecule has 8 heteroatoms.